The number of ketones is 1. The van der Waals surface area contributed by atoms with Gasteiger partial charge < -0.3 is 5.73 Å². The maximum atomic E-state index is 12.3. The predicted octanol–water partition coefficient (Wildman–Crippen LogP) is 2.07. The summed E-state index contributed by atoms with van der Waals surface area (Å²) in [7, 11) is 0. The van der Waals surface area contributed by atoms with E-state index in [1.807, 2.05) is 12.1 Å². The van der Waals surface area contributed by atoms with Crippen molar-refractivity contribution in [3.63, 3.8) is 0 Å². The average molecular weight is 237 g/mol. The molecule has 0 fully saturated rings. The zero-order chi connectivity index (χ0) is 13.1. The maximum Gasteiger partial charge on any atom is 0.194 e. The molecular weight excluding hydrogens is 226 g/mol. The first-order valence-electron chi connectivity index (χ1n) is 5.40. The number of nitrogens with zero attached hydrogens (tertiary/aromatic N) is 2. The van der Waals surface area contributed by atoms with E-state index in [0.717, 1.165) is 0 Å². The molecule has 0 saturated heterocycles. The minimum atomic E-state index is -0.155. The second kappa shape index (κ2) is 4.68. The quantitative estimate of drug-likeness (QED) is 0.811. The zero-order valence-corrected chi connectivity index (χ0v) is 9.84. The van der Waals surface area contributed by atoms with Gasteiger partial charge in [-0.05, 0) is 12.5 Å². The molecule has 0 aliphatic rings. The number of anilines is 1. The van der Waals surface area contributed by atoms with Crippen LogP contribution in [0.2, 0.25) is 0 Å². The Bertz CT molecular complexity index is 642. The van der Waals surface area contributed by atoms with Crippen molar-refractivity contribution < 1.29 is 4.79 Å². The molecule has 4 nitrogen and oxygen atoms in total. The lowest BCUT2D eigenvalue weighted by molar-refractivity contribution is 0.103. The highest BCUT2D eigenvalue weighted by molar-refractivity contribution is 6.10. The molecule has 2 aromatic rings. The van der Waals surface area contributed by atoms with E-state index in [1.165, 1.54) is 6.20 Å². The van der Waals surface area contributed by atoms with E-state index in [2.05, 4.69) is 4.98 Å². The van der Waals surface area contributed by atoms with E-state index in [0.29, 0.717) is 16.7 Å². The Hall–Kier alpha value is -2.67. The third kappa shape index (κ3) is 1.94. The van der Waals surface area contributed by atoms with Gasteiger partial charge in [0, 0.05) is 17.3 Å². The van der Waals surface area contributed by atoms with Crippen LogP contribution in [0.5, 0.6) is 0 Å². The first-order chi connectivity index (χ1) is 8.65. The third-order valence-corrected chi connectivity index (χ3v) is 2.76. The lowest BCUT2D eigenvalue weighted by atomic mass is 9.98. The first kappa shape index (κ1) is 11.8. The summed E-state index contributed by atoms with van der Waals surface area (Å²) in [5.41, 5.74) is 7.40. The van der Waals surface area contributed by atoms with Crippen molar-refractivity contribution in [1.29, 1.82) is 5.26 Å². The Balaban J connectivity index is 2.54. The molecule has 1 aromatic carbocycles. The molecule has 18 heavy (non-hydrogen) atoms. The van der Waals surface area contributed by atoms with Gasteiger partial charge in [-0.2, -0.15) is 5.26 Å². The SMILES string of the molecule is Cc1c(C(=O)c2ccccc2)cnc(N)c1C#N. The van der Waals surface area contributed by atoms with Gasteiger partial charge in [-0.1, -0.05) is 30.3 Å². The number of nitrogens with two attached hydrogens (primary N) is 1. The largest absolute Gasteiger partial charge is 0.383 e. The molecule has 0 bridgehead atoms. The standard InChI is InChI=1S/C14H11N3O/c1-9-11(7-15)14(16)17-8-12(9)13(18)10-5-3-2-4-6-10/h2-6,8H,1H3,(H2,16,17). The Morgan fingerprint density at radius 3 is 2.61 bits per heavy atom. The number of nitriles is 1. The Labute approximate surface area is 105 Å². The smallest absolute Gasteiger partial charge is 0.194 e. The molecule has 0 atom stereocenters. The van der Waals surface area contributed by atoms with Crippen LogP contribution in [0.25, 0.3) is 0 Å². The molecule has 0 saturated carbocycles. The number of hydrogen-bond donors (Lipinski definition) is 1. The topological polar surface area (TPSA) is 79.8 Å². The number of benzene rings is 1. The van der Waals surface area contributed by atoms with Crippen LogP contribution < -0.4 is 5.73 Å². The van der Waals surface area contributed by atoms with Crippen LogP contribution in [-0.2, 0) is 0 Å². The molecule has 1 aromatic heterocycles. The fraction of sp³-hybridized carbons (Fsp3) is 0.0714. The normalized spacial score (nSPS) is 9.78. The number of carbonyl (C=O) groups is 1. The molecule has 4 heteroatoms. The summed E-state index contributed by atoms with van der Waals surface area (Å²) in [6.45, 7) is 1.70. The molecule has 0 radical (unpaired) electrons. The number of rotatable bonds is 2. The van der Waals surface area contributed by atoms with Gasteiger partial charge in [-0.15, -0.1) is 0 Å². The molecule has 2 rings (SSSR count). The summed E-state index contributed by atoms with van der Waals surface area (Å²) in [6, 6.07) is 10.8. The van der Waals surface area contributed by atoms with Crippen LogP contribution in [0, 0.1) is 18.3 Å². The van der Waals surface area contributed by atoms with Crippen molar-refractivity contribution in [2.45, 2.75) is 6.92 Å². The number of hydrogen-bond acceptors (Lipinski definition) is 4. The van der Waals surface area contributed by atoms with E-state index in [1.54, 1.807) is 31.2 Å². The Morgan fingerprint density at radius 1 is 1.33 bits per heavy atom. The van der Waals surface area contributed by atoms with Gasteiger partial charge in [0.05, 0.1) is 5.56 Å². The zero-order valence-electron chi connectivity index (χ0n) is 9.84. The number of pyridine rings is 1. The van der Waals surface area contributed by atoms with Gasteiger partial charge in [0.2, 0.25) is 0 Å². The molecule has 0 aliphatic carbocycles. The lowest BCUT2D eigenvalue weighted by Gasteiger charge is -2.07. The molecule has 88 valence electrons. The van der Waals surface area contributed by atoms with E-state index in [-0.39, 0.29) is 17.2 Å². The number of aromatic nitrogens is 1. The summed E-state index contributed by atoms with van der Waals surface area (Å²) in [6.07, 6.45) is 1.42. The van der Waals surface area contributed by atoms with E-state index in [4.69, 9.17) is 11.0 Å². The highest BCUT2D eigenvalue weighted by atomic mass is 16.1. The highest BCUT2D eigenvalue weighted by Crippen LogP contribution is 2.19. The van der Waals surface area contributed by atoms with Crippen molar-refractivity contribution >= 4 is 11.6 Å². The summed E-state index contributed by atoms with van der Waals surface area (Å²) in [5.74, 6) is -0.00304. The second-order valence-electron chi connectivity index (χ2n) is 3.86. The molecule has 1 heterocycles. The monoisotopic (exact) mass is 237 g/mol. The van der Waals surface area contributed by atoms with Crippen molar-refractivity contribution in [2.24, 2.45) is 0 Å². The minimum Gasteiger partial charge on any atom is -0.383 e. The molecule has 2 N–H and O–H groups in total. The molecular formula is C14H11N3O. The Kier molecular flexibility index (Phi) is 3.07. The van der Waals surface area contributed by atoms with Gasteiger partial charge in [0.25, 0.3) is 0 Å². The average Bonchev–Trinajstić information content (AvgIpc) is 2.40. The van der Waals surface area contributed by atoms with Crippen LogP contribution in [0.15, 0.2) is 36.5 Å². The Morgan fingerprint density at radius 2 is 2.00 bits per heavy atom. The maximum absolute atomic E-state index is 12.3. The van der Waals surface area contributed by atoms with Crippen molar-refractivity contribution in [1.82, 2.24) is 4.98 Å². The number of nitrogen functional groups attached to an aromatic ring is 1. The first-order valence-corrected chi connectivity index (χ1v) is 5.40. The van der Waals surface area contributed by atoms with E-state index < -0.39 is 0 Å². The molecule has 0 aliphatic heterocycles. The predicted molar refractivity (Wildman–Crippen MR) is 68.0 cm³/mol. The molecule has 0 unspecified atom stereocenters. The van der Waals surface area contributed by atoms with Crippen molar-refractivity contribution in [2.75, 3.05) is 5.73 Å². The second-order valence-corrected chi connectivity index (χ2v) is 3.86. The fourth-order valence-electron chi connectivity index (χ4n) is 1.74. The minimum absolute atomic E-state index is 0.152. The van der Waals surface area contributed by atoms with Gasteiger partial charge in [0.15, 0.2) is 5.78 Å². The van der Waals surface area contributed by atoms with Crippen LogP contribution in [-0.4, -0.2) is 10.8 Å². The highest BCUT2D eigenvalue weighted by Gasteiger charge is 2.16. The van der Waals surface area contributed by atoms with Gasteiger partial charge in [-0.25, -0.2) is 4.98 Å². The van der Waals surface area contributed by atoms with Crippen LogP contribution in [0.4, 0.5) is 5.82 Å². The lowest BCUT2D eigenvalue weighted by Crippen LogP contribution is -2.08. The van der Waals surface area contributed by atoms with E-state index >= 15 is 0 Å². The molecule has 0 spiro atoms. The summed E-state index contributed by atoms with van der Waals surface area (Å²) >= 11 is 0. The van der Waals surface area contributed by atoms with Crippen LogP contribution in [0.3, 0.4) is 0 Å². The van der Waals surface area contributed by atoms with Gasteiger partial charge in [-0.3, -0.25) is 4.79 Å². The fourth-order valence-corrected chi connectivity index (χ4v) is 1.74. The summed E-state index contributed by atoms with van der Waals surface area (Å²) < 4.78 is 0. The summed E-state index contributed by atoms with van der Waals surface area (Å²) in [5, 5.41) is 8.99. The molecule has 0 amide bonds. The van der Waals surface area contributed by atoms with Gasteiger partial charge in [0.1, 0.15) is 11.9 Å². The van der Waals surface area contributed by atoms with Crippen molar-refractivity contribution in [3.8, 4) is 6.07 Å². The van der Waals surface area contributed by atoms with Crippen LogP contribution >= 0.6 is 0 Å². The number of carbonyl (C=O) groups excluding carboxylic acids is 1. The third-order valence-electron chi connectivity index (χ3n) is 2.76. The summed E-state index contributed by atoms with van der Waals surface area (Å²) in [4.78, 5) is 16.1. The van der Waals surface area contributed by atoms with Crippen molar-refractivity contribution in [3.05, 3.63) is 58.8 Å². The van der Waals surface area contributed by atoms with Gasteiger partial charge >= 0.3 is 0 Å². The van der Waals surface area contributed by atoms with Crippen LogP contribution in [0.1, 0.15) is 27.0 Å². The van der Waals surface area contributed by atoms with E-state index in [9.17, 15) is 4.79 Å².